The van der Waals surface area contributed by atoms with Crippen molar-refractivity contribution in [2.24, 2.45) is 0 Å². The van der Waals surface area contributed by atoms with E-state index in [1.807, 2.05) is 18.2 Å². The molecule has 92 valence electrons. The van der Waals surface area contributed by atoms with Crippen molar-refractivity contribution >= 4 is 17.5 Å². The van der Waals surface area contributed by atoms with E-state index < -0.39 is 0 Å². The normalized spacial score (nSPS) is 22.4. The zero-order valence-electron chi connectivity index (χ0n) is 10.1. The lowest BCUT2D eigenvalue weighted by Gasteiger charge is -2.23. The van der Waals surface area contributed by atoms with Crippen molar-refractivity contribution in [3.8, 4) is 0 Å². The molecule has 1 aromatic rings. The predicted molar refractivity (Wildman–Crippen MR) is 67.5 cm³/mol. The quantitative estimate of drug-likeness (QED) is 0.600. The van der Waals surface area contributed by atoms with Crippen molar-refractivity contribution in [3.63, 3.8) is 0 Å². The third-order valence-corrected chi connectivity index (χ3v) is 3.66. The lowest BCUT2D eigenvalue weighted by atomic mass is 10.1. The van der Waals surface area contributed by atoms with Gasteiger partial charge in [0.05, 0.1) is 6.04 Å². The maximum absolute atomic E-state index is 12.0. The first kappa shape index (κ1) is 11.0. The van der Waals surface area contributed by atoms with Crippen LogP contribution >= 0.6 is 0 Å². The highest BCUT2D eigenvalue weighted by molar-refractivity contribution is 6.16. The molecule has 2 aliphatic rings. The van der Waals surface area contributed by atoms with E-state index in [1.54, 1.807) is 6.92 Å². The van der Waals surface area contributed by atoms with Gasteiger partial charge in [-0.25, -0.2) is 0 Å². The molecule has 1 aliphatic heterocycles. The van der Waals surface area contributed by atoms with Gasteiger partial charge in [-0.3, -0.25) is 14.5 Å². The molecule has 0 saturated carbocycles. The summed E-state index contributed by atoms with van der Waals surface area (Å²) in [4.78, 5) is 25.2. The highest BCUT2D eigenvalue weighted by atomic mass is 16.2. The summed E-state index contributed by atoms with van der Waals surface area (Å²) in [6.07, 6.45) is 3.07. The number of hydrogen-bond donors (Lipinski definition) is 1. The second kappa shape index (κ2) is 3.70. The van der Waals surface area contributed by atoms with Gasteiger partial charge in [0.2, 0.25) is 0 Å². The molecule has 0 aromatic heterocycles. The van der Waals surface area contributed by atoms with Crippen molar-refractivity contribution < 1.29 is 9.59 Å². The molecule has 0 bridgehead atoms. The van der Waals surface area contributed by atoms with Crippen LogP contribution in [-0.4, -0.2) is 16.7 Å². The number of aryl methyl sites for hydroxylation is 1. The molecule has 0 saturated heterocycles. The van der Waals surface area contributed by atoms with Crippen molar-refractivity contribution in [2.45, 2.75) is 25.8 Å². The van der Waals surface area contributed by atoms with Gasteiger partial charge in [-0.2, -0.15) is 0 Å². The summed E-state index contributed by atoms with van der Waals surface area (Å²) < 4.78 is 0. The Kier molecular flexibility index (Phi) is 2.26. The molecular weight excluding hydrogens is 228 g/mol. The maximum Gasteiger partial charge on any atom is 0.257 e. The fraction of sp³-hybridized carbons (Fsp3) is 0.286. The van der Waals surface area contributed by atoms with E-state index in [9.17, 15) is 9.59 Å². The van der Waals surface area contributed by atoms with Crippen LogP contribution in [0.4, 0.5) is 5.69 Å². The van der Waals surface area contributed by atoms with E-state index in [1.165, 1.54) is 11.0 Å². The minimum absolute atomic E-state index is 0.130. The molecule has 3 rings (SSSR count). The zero-order valence-corrected chi connectivity index (χ0v) is 10.1. The number of nitrogens with zero attached hydrogens (tertiary/aromatic N) is 1. The summed E-state index contributed by atoms with van der Waals surface area (Å²) in [5, 5.41) is 0. The molecule has 2 amide bonds. The number of rotatable bonds is 1. The SMILES string of the molecule is CC1=CC(=O)N(C2CCc3cc(N)ccc32)C1=O. The summed E-state index contributed by atoms with van der Waals surface area (Å²) in [7, 11) is 0. The van der Waals surface area contributed by atoms with Gasteiger partial charge in [-0.05, 0) is 43.0 Å². The Morgan fingerprint density at radius 2 is 2.11 bits per heavy atom. The number of nitrogens with two attached hydrogens (primary N) is 1. The van der Waals surface area contributed by atoms with Crippen LogP contribution in [-0.2, 0) is 16.0 Å². The minimum atomic E-state index is -0.202. The van der Waals surface area contributed by atoms with Crippen LogP contribution in [0.2, 0.25) is 0 Å². The first-order valence-corrected chi connectivity index (χ1v) is 6.02. The fourth-order valence-electron chi connectivity index (χ4n) is 2.78. The molecular formula is C14H14N2O2. The topological polar surface area (TPSA) is 63.4 Å². The van der Waals surface area contributed by atoms with Crippen molar-refractivity contribution in [2.75, 3.05) is 5.73 Å². The molecule has 0 spiro atoms. The van der Waals surface area contributed by atoms with Crippen LogP contribution in [0.15, 0.2) is 29.8 Å². The number of amides is 2. The monoisotopic (exact) mass is 242 g/mol. The Morgan fingerprint density at radius 3 is 2.78 bits per heavy atom. The molecule has 1 unspecified atom stereocenters. The standard InChI is InChI=1S/C14H14N2O2/c1-8-6-13(17)16(14(8)18)12-5-2-9-7-10(15)3-4-11(9)12/h3-4,6-7,12H,2,5,15H2,1H3. The van der Waals surface area contributed by atoms with Gasteiger partial charge in [0, 0.05) is 17.3 Å². The van der Waals surface area contributed by atoms with E-state index in [-0.39, 0.29) is 17.9 Å². The number of hydrogen-bond acceptors (Lipinski definition) is 3. The number of anilines is 1. The molecule has 18 heavy (non-hydrogen) atoms. The molecule has 1 aliphatic carbocycles. The molecule has 2 N–H and O–H groups in total. The summed E-state index contributed by atoms with van der Waals surface area (Å²) in [6.45, 7) is 1.68. The largest absolute Gasteiger partial charge is 0.399 e. The Hall–Kier alpha value is -2.10. The van der Waals surface area contributed by atoms with E-state index in [0.717, 1.165) is 29.7 Å². The Balaban J connectivity index is 1.98. The summed E-state index contributed by atoms with van der Waals surface area (Å²) in [5.41, 5.74) is 9.18. The van der Waals surface area contributed by atoms with Gasteiger partial charge in [-0.1, -0.05) is 6.07 Å². The molecule has 0 fully saturated rings. The van der Waals surface area contributed by atoms with Gasteiger partial charge in [0.15, 0.2) is 0 Å². The van der Waals surface area contributed by atoms with Crippen LogP contribution in [0.3, 0.4) is 0 Å². The predicted octanol–water partition coefficient (Wildman–Crippen LogP) is 1.57. The minimum Gasteiger partial charge on any atom is -0.399 e. The average Bonchev–Trinajstić information content (AvgIpc) is 2.81. The number of imide groups is 1. The van der Waals surface area contributed by atoms with Crippen molar-refractivity contribution in [3.05, 3.63) is 41.0 Å². The first-order chi connectivity index (χ1) is 8.58. The number of carbonyl (C=O) groups excluding carboxylic acids is 2. The number of carbonyl (C=O) groups is 2. The highest BCUT2D eigenvalue weighted by Crippen LogP contribution is 2.38. The van der Waals surface area contributed by atoms with E-state index in [4.69, 9.17) is 5.73 Å². The Morgan fingerprint density at radius 1 is 1.33 bits per heavy atom. The average molecular weight is 242 g/mol. The first-order valence-electron chi connectivity index (χ1n) is 6.02. The molecule has 1 aromatic carbocycles. The second-order valence-electron chi connectivity index (χ2n) is 4.85. The number of fused-ring (bicyclic) bond motifs is 1. The van der Waals surface area contributed by atoms with E-state index >= 15 is 0 Å². The highest BCUT2D eigenvalue weighted by Gasteiger charge is 2.38. The van der Waals surface area contributed by atoms with Crippen LogP contribution in [0.25, 0.3) is 0 Å². The van der Waals surface area contributed by atoms with Gasteiger partial charge in [-0.15, -0.1) is 0 Å². The van der Waals surface area contributed by atoms with Crippen LogP contribution in [0.5, 0.6) is 0 Å². The molecule has 4 heteroatoms. The summed E-state index contributed by atoms with van der Waals surface area (Å²) in [5.74, 6) is -0.373. The Bertz CT molecular complexity index is 589. The van der Waals surface area contributed by atoms with Gasteiger partial charge < -0.3 is 5.73 Å². The molecule has 1 heterocycles. The molecule has 0 radical (unpaired) electrons. The summed E-state index contributed by atoms with van der Waals surface area (Å²) in [6, 6.07) is 5.55. The zero-order chi connectivity index (χ0) is 12.9. The molecule has 1 atom stereocenters. The number of benzene rings is 1. The summed E-state index contributed by atoms with van der Waals surface area (Å²) >= 11 is 0. The van der Waals surface area contributed by atoms with Crippen molar-refractivity contribution in [1.29, 1.82) is 0 Å². The Labute approximate surface area is 105 Å². The van der Waals surface area contributed by atoms with Gasteiger partial charge in [0.1, 0.15) is 0 Å². The van der Waals surface area contributed by atoms with Gasteiger partial charge in [0.25, 0.3) is 11.8 Å². The van der Waals surface area contributed by atoms with Gasteiger partial charge >= 0.3 is 0 Å². The second-order valence-corrected chi connectivity index (χ2v) is 4.85. The lowest BCUT2D eigenvalue weighted by Crippen LogP contribution is -2.33. The maximum atomic E-state index is 12.0. The van der Waals surface area contributed by atoms with E-state index in [2.05, 4.69) is 0 Å². The van der Waals surface area contributed by atoms with Crippen LogP contribution in [0.1, 0.15) is 30.5 Å². The van der Waals surface area contributed by atoms with Crippen LogP contribution in [0, 0.1) is 0 Å². The third kappa shape index (κ3) is 1.45. The van der Waals surface area contributed by atoms with Crippen LogP contribution < -0.4 is 5.73 Å². The fourth-order valence-corrected chi connectivity index (χ4v) is 2.78. The van der Waals surface area contributed by atoms with E-state index in [0.29, 0.717) is 5.57 Å². The molecule has 4 nitrogen and oxygen atoms in total. The smallest absolute Gasteiger partial charge is 0.257 e. The third-order valence-electron chi connectivity index (χ3n) is 3.66. The van der Waals surface area contributed by atoms with Crippen molar-refractivity contribution in [1.82, 2.24) is 4.90 Å². The lowest BCUT2D eigenvalue weighted by molar-refractivity contribution is -0.140. The number of nitrogen functional groups attached to an aromatic ring is 1.